The molecule has 2 saturated carbocycles. The molecule has 3 aliphatic carbocycles. The minimum atomic E-state index is 0.599. The molecule has 0 nitrogen and oxygen atoms in total. The number of aryl methyl sites for hydroxylation is 1. The van der Waals surface area contributed by atoms with Crippen LogP contribution in [0, 0.1) is 29.1 Å². The summed E-state index contributed by atoms with van der Waals surface area (Å²) in [7, 11) is 0. The molecule has 1 aromatic rings. The van der Waals surface area contributed by atoms with E-state index in [4.69, 9.17) is 0 Å². The second kappa shape index (κ2) is 5.25. The fourth-order valence-electron chi connectivity index (χ4n) is 5.40. The van der Waals surface area contributed by atoms with Crippen LogP contribution in [0.1, 0.15) is 64.0 Å². The van der Waals surface area contributed by atoms with Gasteiger partial charge in [-0.3, -0.25) is 0 Å². The van der Waals surface area contributed by atoms with Crippen molar-refractivity contribution >= 4 is 6.08 Å². The van der Waals surface area contributed by atoms with Gasteiger partial charge >= 0.3 is 0 Å². The highest BCUT2D eigenvalue weighted by Crippen LogP contribution is 2.69. The van der Waals surface area contributed by atoms with Crippen LogP contribution in [0.3, 0.4) is 0 Å². The first-order chi connectivity index (χ1) is 10.6. The molecule has 0 amide bonds. The lowest BCUT2D eigenvalue weighted by molar-refractivity contribution is 0.228. The summed E-state index contributed by atoms with van der Waals surface area (Å²) >= 11 is 0. The smallest absolute Gasteiger partial charge is 0.00504 e. The van der Waals surface area contributed by atoms with Crippen LogP contribution in [-0.2, 0) is 6.42 Å². The van der Waals surface area contributed by atoms with Crippen LogP contribution < -0.4 is 0 Å². The van der Waals surface area contributed by atoms with E-state index in [1.807, 2.05) is 5.57 Å². The normalized spacial score (nSPS) is 37.1. The van der Waals surface area contributed by atoms with E-state index in [0.717, 1.165) is 23.7 Å². The third kappa shape index (κ3) is 2.27. The van der Waals surface area contributed by atoms with Crippen LogP contribution >= 0.6 is 0 Å². The first-order valence-electron chi connectivity index (χ1n) is 9.40. The molecule has 22 heavy (non-hydrogen) atoms. The summed E-state index contributed by atoms with van der Waals surface area (Å²) in [6.07, 6.45) is 11.1. The summed E-state index contributed by atoms with van der Waals surface area (Å²) in [5.41, 5.74) is 5.48. The Balaban J connectivity index is 1.64. The van der Waals surface area contributed by atoms with Crippen molar-refractivity contribution in [1.29, 1.82) is 0 Å². The summed E-state index contributed by atoms with van der Waals surface area (Å²) in [5.74, 6) is 3.62. The van der Waals surface area contributed by atoms with Gasteiger partial charge in [-0.2, -0.15) is 0 Å². The van der Waals surface area contributed by atoms with Gasteiger partial charge in [-0.25, -0.2) is 0 Å². The molecule has 0 saturated heterocycles. The van der Waals surface area contributed by atoms with Crippen molar-refractivity contribution in [3.05, 3.63) is 41.0 Å². The molecule has 4 rings (SSSR count). The molecule has 0 spiro atoms. The molecule has 0 N–H and O–H groups in total. The Morgan fingerprint density at radius 2 is 1.95 bits per heavy atom. The molecule has 0 bridgehead atoms. The number of fused-ring (bicyclic) bond motifs is 2. The minimum absolute atomic E-state index is 0.599. The van der Waals surface area contributed by atoms with E-state index in [9.17, 15) is 0 Å². The molecule has 118 valence electrons. The van der Waals surface area contributed by atoms with Crippen molar-refractivity contribution in [3.63, 3.8) is 0 Å². The predicted molar refractivity (Wildman–Crippen MR) is 94.6 cm³/mol. The number of hydrogen-bond donors (Lipinski definition) is 0. The Morgan fingerprint density at radius 1 is 1.14 bits per heavy atom. The fourth-order valence-corrected chi connectivity index (χ4v) is 5.40. The number of benzene rings is 1. The zero-order valence-electron chi connectivity index (χ0n) is 14.4. The van der Waals surface area contributed by atoms with Crippen molar-refractivity contribution in [1.82, 2.24) is 0 Å². The quantitative estimate of drug-likeness (QED) is 0.617. The maximum Gasteiger partial charge on any atom is -0.00504 e. The van der Waals surface area contributed by atoms with E-state index in [-0.39, 0.29) is 0 Å². The number of rotatable bonds is 2. The van der Waals surface area contributed by atoms with Gasteiger partial charge in [0.25, 0.3) is 0 Å². The highest BCUT2D eigenvalue weighted by atomic mass is 14.6. The molecule has 1 aromatic carbocycles. The van der Waals surface area contributed by atoms with Crippen molar-refractivity contribution in [3.8, 4) is 0 Å². The second-order valence-electron chi connectivity index (χ2n) is 8.57. The van der Waals surface area contributed by atoms with Gasteiger partial charge in [0.05, 0.1) is 0 Å². The molecule has 2 fully saturated rings. The molecule has 0 heteroatoms. The molecule has 0 radical (unpaired) electrons. The Morgan fingerprint density at radius 3 is 2.73 bits per heavy atom. The van der Waals surface area contributed by atoms with E-state index >= 15 is 0 Å². The fraction of sp³-hybridized carbons (Fsp3) is 0.636. The van der Waals surface area contributed by atoms with E-state index in [0.29, 0.717) is 5.41 Å². The average molecular weight is 294 g/mol. The molecule has 3 aliphatic rings. The van der Waals surface area contributed by atoms with Gasteiger partial charge in [0.1, 0.15) is 0 Å². The van der Waals surface area contributed by atoms with Crippen LogP contribution in [0.2, 0.25) is 0 Å². The molecular formula is C22H30. The van der Waals surface area contributed by atoms with Gasteiger partial charge in [-0.15, -0.1) is 0 Å². The van der Waals surface area contributed by atoms with Crippen molar-refractivity contribution in [2.75, 3.05) is 0 Å². The summed E-state index contributed by atoms with van der Waals surface area (Å²) in [6.45, 7) is 7.32. The van der Waals surface area contributed by atoms with E-state index < -0.39 is 0 Å². The summed E-state index contributed by atoms with van der Waals surface area (Å²) in [6, 6.07) is 9.08. The van der Waals surface area contributed by atoms with Crippen molar-refractivity contribution in [2.24, 2.45) is 29.1 Å². The first-order valence-corrected chi connectivity index (χ1v) is 9.40. The molecule has 0 aromatic heterocycles. The van der Waals surface area contributed by atoms with Crippen molar-refractivity contribution < 1.29 is 0 Å². The highest BCUT2D eigenvalue weighted by molar-refractivity contribution is 5.61. The van der Waals surface area contributed by atoms with E-state index in [1.165, 1.54) is 44.1 Å². The van der Waals surface area contributed by atoms with Gasteiger partial charge in [0.15, 0.2) is 0 Å². The lowest BCUT2D eigenvalue weighted by Gasteiger charge is -2.34. The number of allylic oxidation sites excluding steroid dienone is 1. The zero-order chi connectivity index (χ0) is 15.3. The van der Waals surface area contributed by atoms with E-state index in [2.05, 4.69) is 51.1 Å². The first kappa shape index (κ1) is 14.5. The standard InChI is InChI=1S/C22H30/c1-15(2)18-10-11-22(14-20(22)12-18)21-13-19-7-5-4-6-17(19)9-8-16(21)3/h4-7,13,15-16,18,20H,8-12,14H2,1-3H3/t16?,18-,20?,22?/m1/s1. The van der Waals surface area contributed by atoms with Gasteiger partial charge in [-0.1, -0.05) is 56.7 Å². The second-order valence-corrected chi connectivity index (χ2v) is 8.57. The molecule has 0 heterocycles. The van der Waals surface area contributed by atoms with Crippen LogP contribution in [0.4, 0.5) is 0 Å². The molecular weight excluding hydrogens is 264 g/mol. The largest absolute Gasteiger partial charge is 0.0625 e. The predicted octanol–water partition coefficient (Wildman–Crippen LogP) is 6.11. The lowest BCUT2D eigenvalue weighted by Crippen LogP contribution is -2.23. The highest BCUT2D eigenvalue weighted by Gasteiger charge is 2.59. The Kier molecular flexibility index (Phi) is 3.47. The van der Waals surface area contributed by atoms with Gasteiger partial charge in [0, 0.05) is 0 Å². The number of hydrogen-bond acceptors (Lipinski definition) is 0. The van der Waals surface area contributed by atoms with Crippen LogP contribution in [-0.4, -0.2) is 0 Å². The van der Waals surface area contributed by atoms with Crippen molar-refractivity contribution in [2.45, 2.75) is 59.3 Å². The SMILES string of the molecule is CC1CCc2ccccc2C=C1C12CC[C@@H](C(C)C)CC1C2. The Labute approximate surface area is 136 Å². The Bertz CT molecular complexity index is 594. The zero-order valence-corrected chi connectivity index (χ0v) is 14.4. The molecule has 3 unspecified atom stereocenters. The summed E-state index contributed by atoms with van der Waals surface area (Å²) < 4.78 is 0. The van der Waals surface area contributed by atoms with Crippen LogP contribution in [0.25, 0.3) is 6.08 Å². The average Bonchev–Trinajstić information content (AvgIpc) is 3.26. The molecule has 0 aliphatic heterocycles. The third-order valence-electron chi connectivity index (χ3n) is 7.04. The van der Waals surface area contributed by atoms with Gasteiger partial charge in [-0.05, 0) is 78.7 Å². The summed E-state index contributed by atoms with van der Waals surface area (Å²) in [5, 5.41) is 0. The lowest BCUT2D eigenvalue weighted by atomic mass is 9.71. The van der Waals surface area contributed by atoms with Gasteiger partial charge < -0.3 is 0 Å². The van der Waals surface area contributed by atoms with Gasteiger partial charge in [0.2, 0.25) is 0 Å². The Hall–Kier alpha value is -1.04. The maximum absolute atomic E-state index is 2.60. The molecule has 4 atom stereocenters. The minimum Gasteiger partial charge on any atom is -0.0625 e. The monoisotopic (exact) mass is 294 g/mol. The third-order valence-corrected chi connectivity index (χ3v) is 7.04. The van der Waals surface area contributed by atoms with E-state index in [1.54, 1.807) is 5.56 Å². The maximum atomic E-state index is 2.60. The van der Waals surface area contributed by atoms with Crippen LogP contribution in [0.5, 0.6) is 0 Å². The summed E-state index contributed by atoms with van der Waals surface area (Å²) in [4.78, 5) is 0. The van der Waals surface area contributed by atoms with Crippen LogP contribution in [0.15, 0.2) is 29.8 Å². The topological polar surface area (TPSA) is 0 Å².